The lowest BCUT2D eigenvalue weighted by molar-refractivity contribution is -0.119. The molecule has 2 rings (SSSR count). The third kappa shape index (κ3) is 5.48. The summed E-state index contributed by atoms with van der Waals surface area (Å²) in [4.78, 5) is 16.0. The predicted octanol–water partition coefficient (Wildman–Crippen LogP) is 1.94. The topological polar surface area (TPSA) is 53.5 Å². The molecule has 0 aromatic heterocycles. The standard InChI is InChI=1S/C12H21N3OS.ClH/c16-11(9-17-12-13-7-8-14-12)15-10-5-3-1-2-4-6-10;/h10H,1-9H2,(H,13,14)(H,15,16);1H. The fraction of sp³-hybridized carbons (Fsp3) is 0.833. The van der Waals surface area contributed by atoms with Gasteiger partial charge in [0.25, 0.3) is 0 Å². The zero-order valence-corrected chi connectivity index (χ0v) is 12.2. The molecule has 2 aliphatic rings. The molecule has 0 unspecified atom stereocenters. The van der Waals surface area contributed by atoms with Crippen molar-refractivity contribution in [3.05, 3.63) is 0 Å². The van der Waals surface area contributed by atoms with Crippen molar-refractivity contribution < 1.29 is 4.79 Å². The Labute approximate surface area is 119 Å². The Morgan fingerprint density at radius 3 is 2.67 bits per heavy atom. The number of amides is 1. The molecule has 0 spiro atoms. The van der Waals surface area contributed by atoms with Crippen LogP contribution < -0.4 is 10.6 Å². The van der Waals surface area contributed by atoms with Gasteiger partial charge < -0.3 is 10.6 Å². The molecular weight excluding hydrogens is 270 g/mol. The molecule has 0 radical (unpaired) electrons. The van der Waals surface area contributed by atoms with Crippen molar-refractivity contribution in [2.24, 2.45) is 4.99 Å². The van der Waals surface area contributed by atoms with Crippen LogP contribution in [0.1, 0.15) is 38.5 Å². The van der Waals surface area contributed by atoms with Gasteiger partial charge in [-0.15, -0.1) is 12.4 Å². The summed E-state index contributed by atoms with van der Waals surface area (Å²) in [5.74, 6) is 0.640. The molecule has 1 amide bonds. The maximum absolute atomic E-state index is 11.8. The maximum atomic E-state index is 11.8. The predicted molar refractivity (Wildman–Crippen MR) is 79.6 cm³/mol. The molecule has 1 aliphatic carbocycles. The van der Waals surface area contributed by atoms with Crippen molar-refractivity contribution in [1.82, 2.24) is 10.6 Å². The van der Waals surface area contributed by atoms with E-state index in [4.69, 9.17) is 0 Å². The molecule has 0 atom stereocenters. The molecule has 2 N–H and O–H groups in total. The fourth-order valence-corrected chi connectivity index (χ4v) is 3.04. The average Bonchev–Trinajstić information content (AvgIpc) is 2.72. The van der Waals surface area contributed by atoms with E-state index < -0.39 is 0 Å². The number of aliphatic imine (C=N–C) groups is 1. The van der Waals surface area contributed by atoms with Gasteiger partial charge in [-0.2, -0.15) is 0 Å². The number of carbonyl (C=O) groups excluding carboxylic acids is 1. The second-order valence-electron chi connectivity index (χ2n) is 4.66. The molecule has 104 valence electrons. The van der Waals surface area contributed by atoms with Gasteiger partial charge in [0.2, 0.25) is 5.91 Å². The Bertz CT molecular complexity index is 291. The summed E-state index contributed by atoms with van der Waals surface area (Å²) < 4.78 is 0. The van der Waals surface area contributed by atoms with E-state index in [-0.39, 0.29) is 18.3 Å². The zero-order valence-electron chi connectivity index (χ0n) is 10.6. The molecule has 4 nitrogen and oxygen atoms in total. The van der Waals surface area contributed by atoms with Gasteiger partial charge >= 0.3 is 0 Å². The van der Waals surface area contributed by atoms with E-state index in [9.17, 15) is 4.79 Å². The van der Waals surface area contributed by atoms with Crippen LogP contribution in [0.15, 0.2) is 4.99 Å². The summed E-state index contributed by atoms with van der Waals surface area (Å²) in [5.41, 5.74) is 0. The Hall–Kier alpha value is -0.420. The highest BCUT2D eigenvalue weighted by molar-refractivity contribution is 8.14. The fourth-order valence-electron chi connectivity index (χ4n) is 2.30. The summed E-state index contributed by atoms with van der Waals surface area (Å²) in [6.07, 6.45) is 7.45. The maximum Gasteiger partial charge on any atom is 0.230 e. The van der Waals surface area contributed by atoms with E-state index in [2.05, 4.69) is 15.6 Å². The van der Waals surface area contributed by atoms with Crippen LogP contribution >= 0.6 is 24.2 Å². The van der Waals surface area contributed by atoms with Crippen LogP contribution in [-0.2, 0) is 4.79 Å². The molecule has 1 fully saturated rings. The quantitative estimate of drug-likeness (QED) is 0.782. The smallest absolute Gasteiger partial charge is 0.230 e. The SMILES string of the molecule is Cl.O=C(CSC1=NCCN1)NC1CCCCCC1. The van der Waals surface area contributed by atoms with Gasteiger partial charge in [0.05, 0.1) is 12.3 Å². The first-order chi connectivity index (χ1) is 8.34. The second kappa shape index (κ2) is 8.64. The molecule has 0 aromatic carbocycles. The van der Waals surface area contributed by atoms with E-state index in [1.807, 2.05) is 0 Å². The minimum Gasteiger partial charge on any atom is -0.363 e. The minimum absolute atomic E-state index is 0. The molecule has 1 heterocycles. The molecule has 18 heavy (non-hydrogen) atoms. The summed E-state index contributed by atoms with van der Waals surface area (Å²) in [7, 11) is 0. The summed E-state index contributed by atoms with van der Waals surface area (Å²) in [6, 6.07) is 0.407. The van der Waals surface area contributed by atoms with Gasteiger partial charge in [0.1, 0.15) is 0 Å². The molecule has 0 saturated heterocycles. The van der Waals surface area contributed by atoms with E-state index in [0.29, 0.717) is 11.8 Å². The number of nitrogens with zero attached hydrogens (tertiary/aromatic N) is 1. The first-order valence-corrected chi connectivity index (χ1v) is 7.53. The van der Waals surface area contributed by atoms with Gasteiger partial charge in [0.15, 0.2) is 5.17 Å². The molecule has 6 heteroatoms. The highest BCUT2D eigenvalue weighted by Gasteiger charge is 2.15. The highest BCUT2D eigenvalue weighted by atomic mass is 35.5. The van der Waals surface area contributed by atoms with Crippen LogP contribution in [-0.4, -0.2) is 36.0 Å². The van der Waals surface area contributed by atoms with Gasteiger partial charge in [-0.1, -0.05) is 37.4 Å². The normalized spacial score (nSPS) is 20.3. The highest BCUT2D eigenvalue weighted by Crippen LogP contribution is 2.17. The average molecular weight is 292 g/mol. The van der Waals surface area contributed by atoms with Crippen LogP contribution in [0.5, 0.6) is 0 Å². The molecule has 1 saturated carbocycles. The third-order valence-corrected chi connectivity index (χ3v) is 4.16. The lowest BCUT2D eigenvalue weighted by Crippen LogP contribution is -2.36. The molecule has 0 aromatic rings. The van der Waals surface area contributed by atoms with Crippen molar-refractivity contribution >= 4 is 35.2 Å². The van der Waals surface area contributed by atoms with E-state index in [1.165, 1.54) is 37.4 Å². The van der Waals surface area contributed by atoms with Crippen molar-refractivity contribution in [3.8, 4) is 0 Å². The molecule has 0 bridgehead atoms. The van der Waals surface area contributed by atoms with Crippen LogP contribution in [0.2, 0.25) is 0 Å². The monoisotopic (exact) mass is 291 g/mol. The van der Waals surface area contributed by atoms with Gasteiger partial charge in [-0.3, -0.25) is 9.79 Å². The van der Waals surface area contributed by atoms with E-state index >= 15 is 0 Å². The third-order valence-electron chi connectivity index (χ3n) is 3.20. The number of carbonyl (C=O) groups is 1. The zero-order chi connectivity index (χ0) is 11.9. The molecule has 1 aliphatic heterocycles. The number of halogens is 1. The first-order valence-electron chi connectivity index (χ1n) is 6.55. The van der Waals surface area contributed by atoms with Crippen molar-refractivity contribution in [2.75, 3.05) is 18.8 Å². The number of thioether (sulfide) groups is 1. The number of hydrogen-bond acceptors (Lipinski definition) is 4. The van der Waals surface area contributed by atoms with Crippen LogP contribution in [0.4, 0.5) is 0 Å². The lowest BCUT2D eigenvalue weighted by Gasteiger charge is -2.15. The first kappa shape index (κ1) is 15.6. The van der Waals surface area contributed by atoms with Gasteiger partial charge in [-0.25, -0.2) is 0 Å². The molecular formula is C12H22ClN3OS. The second-order valence-corrected chi connectivity index (χ2v) is 5.62. The number of nitrogens with one attached hydrogen (secondary N) is 2. The van der Waals surface area contributed by atoms with Crippen molar-refractivity contribution in [1.29, 1.82) is 0 Å². The number of hydrogen-bond donors (Lipinski definition) is 2. The number of amidine groups is 1. The van der Waals surface area contributed by atoms with E-state index in [1.54, 1.807) is 0 Å². The van der Waals surface area contributed by atoms with Crippen molar-refractivity contribution in [3.63, 3.8) is 0 Å². The van der Waals surface area contributed by atoms with Gasteiger partial charge in [0, 0.05) is 12.6 Å². The van der Waals surface area contributed by atoms with Crippen LogP contribution in [0, 0.1) is 0 Å². The Kier molecular flexibility index (Phi) is 7.51. The Morgan fingerprint density at radius 2 is 2.06 bits per heavy atom. The summed E-state index contributed by atoms with van der Waals surface area (Å²) >= 11 is 1.51. The van der Waals surface area contributed by atoms with E-state index in [0.717, 1.165) is 31.1 Å². The Morgan fingerprint density at radius 1 is 1.33 bits per heavy atom. The lowest BCUT2D eigenvalue weighted by atomic mass is 10.1. The largest absolute Gasteiger partial charge is 0.363 e. The van der Waals surface area contributed by atoms with Gasteiger partial charge in [-0.05, 0) is 12.8 Å². The minimum atomic E-state index is 0. The number of rotatable bonds is 3. The Balaban J connectivity index is 0.00000162. The van der Waals surface area contributed by atoms with Crippen molar-refractivity contribution in [2.45, 2.75) is 44.6 Å². The van der Waals surface area contributed by atoms with Crippen LogP contribution in [0.3, 0.4) is 0 Å². The summed E-state index contributed by atoms with van der Waals surface area (Å²) in [6.45, 7) is 1.75. The van der Waals surface area contributed by atoms with Crippen LogP contribution in [0.25, 0.3) is 0 Å². The summed E-state index contributed by atoms with van der Waals surface area (Å²) in [5, 5.41) is 7.22.